The molecule has 0 radical (unpaired) electrons. The van der Waals surface area contributed by atoms with E-state index in [-0.39, 0.29) is 0 Å². The second-order valence-electron chi connectivity index (χ2n) is 5.23. The summed E-state index contributed by atoms with van der Waals surface area (Å²) in [5.74, 6) is 2.54. The minimum atomic E-state index is 0.299. The Morgan fingerprint density at radius 2 is 1.95 bits per heavy atom. The molecule has 2 aromatic carbocycles. The minimum absolute atomic E-state index is 0.299. The van der Waals surface area contributed by atoms with Crippen LogP contribution in [0.2, 0.25) is 0 Å². The molecule has 0 spiro atoms. The molecule has 0 bridgehead atoms. The van der Waals surface area contributed by atoms with Crippen LogP contribution in [0, 0.1) is 0 Å². The maximum atomic E-state index is 5.86. The number of unbranched alkanes of at least 4 members (excludes halogenated alkanes) is 1. The summed E-state index contributed by atoms with van der Waals surface area (Å²) in [6, 6.07) is 14.0. The zero-order chi connectivity index (χ0) is 15.2. The third-order valence-electron chi connectivity index (χ3n) is 3.58. The molecule has 0 unspecified atom stereocenters. The van der Waals surface area contributed by atoms with Crippen molar-refractivity contribution in [3.63, 3.8) is 0 Å². The van der Waals surface area contributed by atoms with E-state index in [2.05, 4.69) is 18.3 Å². The van der Waals surface area contributed by atoms with E-state index in [4.69, 9.17) is 14.2 Å². The normalized spacial score (nSPS) is 12.2. The number of ether oxygens (including phenoxy) is 3. The predicted octanol–water partition coefficient (Wildman–Crippen LogP) is 4.21. The molecule has 0 aromatic heterocycles. The molecule has 0 amide bonds. The lowest BCUT2D eigenvalue weighted by molar-refractivity contribution is 0.174. The van der Waals surface area contributed by atoms with Crippen molar-refractivity contribution in [1.82, 2.24) is 0 Å². The molecule has 0 atom stereocenters. The third kappa shape index (κ3) is 3.45. The number of anilines is 1. The van der Waals surface area contributed by atoms with E-state index < -0.39 is 0 Å². The Kier molecular flexibility index (Phi) is 4.68. The lowest BCUT2D eigenvalue weighted by Crippen LogP contribution is -2.04. The van der Waals surface area contributed by atoms with Gasteiger partial charge in [0.25, 0.3) is 0 Å². The van der Waals surface area contributed by atoms with Gasteiger partial charge in [0.05, 0.1) is 6.61 Å². The number of para-hydroxylation sites is 1. The first-order valence-electron chi connectivity index (χ1n) is 7.71. The van der Waals surface area contributed by atoms with Gasteiger partial charge in [-0.15, -0.1) is 0 Å². The van der Waals surface area contributed by atoms with E-state index >= 15 is 0 Å². The van der Waals surface area contributed by atoms with Crippen LogP contribution in [-0.4, -0.2) is 13.4 Å². The average molecular weight is 299 g/mol. The van der Waals surface area contributed by atoms with Crippen LogP contribution in [0.1, 0.15) is 25.3 Å². The molecule has 4 nitrogen and oxygen atoms in total. The molecule has 0 fully saturated rings. The second-order valence-corrected chi connectivity index (χ2v) is 5.23. The Labute approximate surface area is 131 Å². The molecule has 22 heavy (non-hydrogen) atoms. The SMILES string of the molecule is CCCCOc1ccccc1CNc1ccc2c(c1)OCO2. The first kappa shape index (κ1) is 14.6. The van der Waals surface area contributed by atoms with Gasteiger partial charge in [0.2, 0.25) is 6.79 Å². The number of rotatable bonds is 7. The summed E-state index contributed by atoms with van der Waals surface area (Å²) in [4.78, 5) is 0. The molecule has 1 N–H and O–H groups in total. The van der Waals surface area contributed by atoms with Crippen molar-refractivity contribution in [1.29, 1.82) is 0 Å². The Bertz CT molecular complexity index is 627. The van der Waals surface area contributed by atoms with Gasteiger partial charge in [-0.25, -0.2) is 0 Å². The van der Waals surface area contributed by atoms with Gasteiger partial charge in [-0.2, -0.15) is 0 Å². The maximum Gasteiger partial charge on any atom is 0.231 e. The lowest BCUT2D eigenvalue weighted by atomic mass is 10.2. The fraction of sp³-hybridized carbons (Fsp3) is 0.333. The first-order valence-corrected chi connectivity index (χ1v) is 7.71. The number of benzene rings is 2. The van der Waals surface area contributed by atoms with Crippen LogP contribution in [-0.2, 0) is 6.54 Å². The molecular formula is C18H21NO3. The number of hydrogen-bond acceptors (Lipinski definition) is 4. The summed E-state index contributed by atoms with van der Waals surface area (Å²) in [6.07, 6.45) is 2.21. The average Bonchev–Trinajstić information content (AvgIpc) is 3.02. The van der Waals surface area contributed by atoms with Crippen molar-refractivity contribution in [3.8, 4) is 17.2 Å². The van der Waals surface area contributed by atoms with Gasteiger partial charge in [-0.1, -0.05) is 31.5 Å². The quantitative estimate of drug-likeness (QED) is 0.778. The van der Waals surface area contributed by atoms with Crippen LogP contribution in [0.4, 0.5) is 5.69 Å². The molecule has 4 heteroatoms. The Hall–Kier alpha value is -2.36. The highest BCUT2D eigenvalue weighted by Gasteiger charge is 2.13. The maximum absolute atomic E-state index is 5.86. The molecule has 1 aliphatic rings. The van der Waals surface area contributed by atoms with E-state index in [1.165, 1.54) is 0 Å². The van der Waals surface area contributed by atoms with Crippen LogP contribution in [0.15, 0.2) is 42.5 Å². The Morgan fingerprint density at radius 1 is 1.09 bits per heavy atom. The molecular weight excluding hydrogens is 278 g/mol. The standard InChI is InChI=1S/C18H21NO3/c1-2-3-10-20-16-7-5-4-6-14(16)12-19-15-8-9-17-18(11-15)22-13-21-17/h4-9,11,19H,2-3,10,12-13H2,1H3. The van der Waals surface area contributed by atoms with Gasteiger partial charge in [0.15, 0.2) is 11.5 Å². The van der Waals surface area contributed by atoms with Gasteiger partial charge in [0, 0.05) is 23.9 Å². The summed E-state index contributed by atoms with van der Waals surface area (Å²) in [6.45, 7) is 3.93. The molecule has 0 saturated heterocycles. The number of hydrogen-bond donors (Lipinski definition) is 1. The number of fused-ring (bicyclic) bond motifs is 1. The van der Waals surface area contributed by atoms with Crippen LogP contribution in [0.25, 0.3) is 0 Å². The van der Waals surface area contributed by atoms with E-state index in [1.54, 1.807) is 0 Å². The van der Waals surface area contributed by atoms with Gasteiger partial charge >= 0.3 is 0 Å². The summed E-state index contributed by atoms with van der Waals surface area (Å²) >= 11 is 0. The summed E-state index contributed by atoms with van der Waals surface area (Å²) < 4.78 is 16.6. The topological polar surface area (TPSA) is 39.7 Å². The lowest BCUT2D eigenvalue weighted by Gasteiger charge is -2.13. The van der Waals surface area contributed by atoms with Gasteiger partial charge < -0.3 is 19.5 Å². The van der Waals surface area contributed by atoms with Crippen LogP contribution < -0.4 is 19.5 Å². The summed E-state index contributed by atoms with van der Waals surface area (Å²) in [7, 11) is 0. The van der Waals surface area contributed by atoms with E-state index in [9.17, 15) is 0 Å². The fourth-order valence-electron chi connectivity index (χ4n) is 2.32. The smallest absolute Gasteiger partial charge is 0.231 e. The molecule has 1 heterocycles. The van der Waals surface area contributed by atoms with Gasteiger partial charge in [0.1, 0.15) is 5.75 Å². The van der Waals surface area contributed by atoms with Crippen molar-refractivity contribution >= 4 is 5.69 Å². The summed E-state index contributed by atoms with van der Waals surface area (Å²) in [5.41, 5.74) is 2.16. The van der Waals surface area contributed by atoms with Crippen molar-refractivity contribution in [2.45, 2.75) is 26.3 Å². The zero-order valence-corrected chi connectivity index (χ0v) is 12.8. The summed E-state index contributed by atoms with van der Waals surface area (Å²) in [5, 5.41) is 3.41. The van der Waals surface area contributed by atoms with Crippen molar-refractivity contribution in [2.24, 2.45) is 0 Å². The van der Waals surface area contributed by atoms with Crippen molar-refractivity contribution in [2.75, 3.05) is 18.7 Å². The molecule has 0 saturated carbocycles. The predicted molar refractivity (Wildman–Crippen MR) is 86.7 cm³/mol. The highest BCUT2D eigenvalue weighted by Crippen LogP contribution is 2.34. The molecule has 2 aromatic rings. The molecule has 3 rings (SSSR count). The molecule has 1 aliphatic heterocycles. The second kappa shape index (κ2) is 7.07. The van der Waals surface area contributed by atoms with E-state index in [1.807, 2.05) is 36.4 Å². The van der Waals surface area contributed by atoms with Crippen LogP contribution in [0.3, 0.4) is 0 Å². The van der Waals surface area contributed by atoms with Crippen molar-refractivity contribution < 1.29 is 14.2 Å². The number of nitrogens with one attached hydrogen (secondary N) is 1. The third-order valence-corrected chi connectivity index (χ3v) is 3.58. The highest BCUT2D eigenvalue weighted by molar-refractivity contribution is 5.56. The minimum Gasteiger partial charge on any atom is -0.493 e. The zero-order valence-electron chi connectivity index (χ0n) is 12.8. The molecule has 0 aliphatic carbocycles. The van der Waals surface area contributed by atoms with Gasteiger partial charge in [-0.3, -0.25) is 0 Å². The van der Waals surface area contributed by atoms with Gasteiger partial charge in [-0.05, 0) is 24.6 Å². The van der Waals surface area contributed by atoms with Crippen LogP contribution in [0.5, 0.6) is 17.2 Å². The first-order chi connectivity index (χ1) is 10.9. The largest absolute Gasteiger partial charge is 0.493 e. The molecule has 116 valence electrons. The van der Waals surface area contributed by atoms with E-state index in [0.29, 0.717) is 13.3 Å². The van der Waals surface area contributed by atoms with Crippen LogP contribution >= 0.6 is 0 Å². The fourth-order valence-corrected chi connectivity index (χ4v) is 2.32. The Morgan fingerprint density at radius 3 is 2.86 bits per heavy atom. The highest BCUT2D eigenvalue weighted by atomic mass is 16.7. The monoisotopic (exact) mass is 299 g/mol. The van der Waals surface area contributed by atoms with E-state index in [0.717, 1.165) is 47.9 Å². The Balaban J connectivity index is 1.63. The van der Waals surface area contributed by atoms with Crippen molar-refractivity contribution in [3.05, 3.63) is 48.0 Å².